The summed E-state index contributed by atoms with van der Waals surface area (Å²) < 4.78 is 32.9. The second-order valence-electron chi connectivity index (χ2n) is 7.47. The molecule has 4 rings (SSSR count). The first-order valence-corrected chi connectivity index (χ1v) is 10.3. The van der Waals surface area contributed by atoms with E-state index < -0.39 is 23.4 Å². The second kappa shape index (κ2) is 9.76. The standard InChI is InChI=1S/C22H23F2N7O2/c23-14-2-1-3-15(24)20(14)30-22(32)29-18(11-25)19(26)21-27-16-5-4-13(10-17(16)28-21)12-31-6-8-33-9-7-31/h1-5,10-11,25H,6-9,12,26H2,(H,27,28)(H2,29,30,32). The number of anilines is 1. The molecule has 2 aromatic carbocycles. The van der Waals surface area contributed by atoms with Gasteiger partial charge in [-0.2, -0.15) is 0 Å². The number of amides is 2. The van der Waals surface area contributed by atoms with Gasteiger partial charge in [-0.3, -0.25) is 4.90 Å². The maximum absolute atomic E-state index is 13.8. The Morgan fingerprint density at radius 3 is 2.67 bits per heavy atom. The highest BCUT2D eigenvalue weighted by molar-refractivity contribution is 5.98. The van der Waals surface area contributed by atoms with E-state index in [0.29, 0.717) is 18.7 Å². The van der Waals surface area contributed by atoms with Crippen LogP contribution in [0.4, 0.5) is 19.3 Å². The summed E-state index contributed by atoms with van der Waals surface area (Å²) in [6, 6.07) is 8.08. The summed E-state index contributed by atoms with van der Waals surface area (Å²) in [5.74, 6) is -1.60. The molecule has 1 saturated heterocycles. The minimum atomic E-state index is -0.954. The number of benzene rings is 2. The van der Waals surface area contributed by atoms with Gasteiger partial charge in [-0.15, -0.1) is 0 Å². The van der Waals surface area contributed by atoms with Crippen molar-refractivity contribution in [1.29, 1.82) is 5.41 Å². The molecule has 1 fully saturated rings. The smallest absolute Gasteiger partial charge is 0.323 e. The number of morpholine rings is 1. The van der Waals surface area contributed by atoms with Crippen LogP contribution in [0.3, 0.4) is 0 Å². The Morgan fingerprint density at radius 2 is 1.97 bits per heavy atom. The molecule has 0 aliphatic carbocycles. The van der Waals surface area contributed by atoms with E-state index in [1.54, 1.807) is 0 Å². The van der Waals surface area contributed by atoms with Crippen LogP contribution in [-0.4, -0.2) is 53.4 Å². The van der Waals surface area contributed by atoms with E-state index in [1.807, 2.05) is 18.2 Å². The lowest BCUT2D eigenvalue weighted by Gasteiger charge is -2.26. The molecular formula is C22H23F2N7O2. The van der Waals surface area contributed by atoms with Gasteiger partial charge in [-0.25, -0.2) is 18.6 Å². The predicted molar refractivity (Wildman–Crippen MR) is 121 cm³/mol. The molecule has 0 spiro atoms. The summed E-state index contributed by atoms with van der Waals surface area (Å²) in [4.78, 5) is 22.0. The van der Waals surface area contributed by atoms with Gasteiger partial charge in [-0.1, -0.05) is 12.1 Å². The van der Waals surface area contributed by atoms with E-state index in [0.717, 1.165) is 49.1 Å². The lowest BCUT2D eigenvalue weighted by Crippen LogP contribution is -2.35. The summed E-state index contributed by atoms with van der Waals surface area (Å²) in [5.41, 5.74) is 7.95. The Kier molecular flexibility index (Phi) is 6.61. The number of urea groups is 1. The number of carbonyl (C=O) groups excluding carboxylic acids is 1. The molecule has 172 valence electrons. The highest BCUT2D eigenvalue weighted by Crippen LogP contribution is 2.20. The minimum absolute atomic E-state index is 0.0000785. The molecule has 3 aromatic rings. The third-order valence-corrected chi connectivity index (χ3v) is 5.20. The van der Waals surface area contributed by atoms with Gasteiger partial charge in [0.1, 0.15) is 23.0 Å². The lowest BCUT2D eigenvalue weighted by molar-refractivity contribution is 0.0342. The van der Waals surface area contributed by atoms with Gasteiger partial charge in [0.05, 0.1) is 29.9 Å². The fourth-order valence-corrected chi connectivity index (χ4v) is 3.49. The van der Waals surface area contributed by atoms with Gasteiger partial charge in [0.25, 0.3) is 0 Å². The average molecular weight is 455 g/mol. The molecule has 9 nitrogen and oxygen atoms in total. The van der Waals surface area contributed by atoms with Crippen molar-refractivity contribution in [1.82, 2.24) is 20.2 Å². The first kappa shape index (κ1) is 22.4. The maximum Gasteiger partial charge on any atom is 0.323 e. The normalized spacial score (nSPS) is 15.2. The van der Waals surface area contributed by atoms with E-state index >= 15 is 0 Å². The zero-order valence-electron chi connectivity index (χ0n) is 17.6. The number of hydrogen-bond donors (Lipinski definition) is 5. The number of halogens is 2. The number of nitrogens with zero attached hydrogens (tertiary/aromatic N) is 2. The number of aromatic nitrogens is 2. The van der Waals surface area contributed by atoms with Crippen molar-refractivity contribution in [2.24, 2.45) is 5.73 Å². The molecule has 0 saturated carbocycles. The molecule has 1 aliphatic heterocycles. The lowest BCUT2D eigenvalue weighted by atomic mass is 10.2. The molecule has 0 radical (unpaired) electrons. The maximum atomic E-state index is 13.8. The molecule has 33 heavy (non-hydrogen) atoms. The van der Waals surface area contributed by atoms with Crippen molar-refractivity contribution in [3.05, 3.63) is 65.1 Å². The third kappa shape index (κ3) is 5.16. The van der Waals surface area contributed by atoms with E-state index in [2.05, 4.69) is 25.5 Å². The highest BCUT2D eigenvalue weighted by Gasteiger charge is 2.16. The highest BCUT2D eigenvalue weighted by atomic mass is 19.1. The zero-order valence-corrected chi connectivity index (χ0v) is 17.6. The van der Waals surface area contributed by atoms with Crippen molar-refractivity contribution in [2.45, 2.75) is 6.54 Å². The van der Waals surface area contributed by atoms with Gasteiger partial charge in [0, 0.05) is 25.8 Å². The Labute approximate surface area is 188 Å². The van der Waals surface area contributed by atoms with Crippen molar-refractivity contribution in [3.63, 3.8) is 0 Å². The molecule has 0 unspecified atom stereocenters. The molecule has 6 N–H and O–H groups in total. The number of ether oxygens (including phenoxy) is 1. The van der Waals surface area contributed by atoms with Gasteiger partial charge >= 0.3 is 6.03 Å². The molecule has 0 atom stereocenters. The van der Waals surface area contributed by atoms with E-state index in [-0.39, 0.29) is 17.2 Å². The summed E-state index contributed by atoms with van der Waals surface area (Å²) >= 11 is 0. The van der Waals surface area contributed by atoms with Crippen LogP contribution in [0, 0.1) is 17.0 Å². The number of para-hydroxylation sites is 1. The Bertz CT molecular complexity index is 1200. The summed E-state index contributed by atoms with van der Waals surface area (Å²) in [7, 11) is 0. The molecule has 1 aromatic heterocycles. The van der Waals surface area contributed by atoms with Crippen LogP contribution in [0.5, 0.6) is 0 Å². The van der Waals surface area contributed by atoms with Crippen LogP contribution in [0.2, 0.25) is 0 Å². The van der Waals surface area contributed by atoms with Gasteiger partial charge in [0.2, 0.25) is 0 Å². The number of rotatable bonds is 6. The largest absolute Gasteiger partial charge is 0.394 e. The summed E-state index contributed by atoms with van der Waals surface area (Å²) in [5, 5.41) is 12.0. The number of fused-ring (bicyclic) bond motifs is 1. The molecule has 0 bridgehead atoms. The number of allylic oxidation sites excluding steroid dienone is 1. The number of nitrogens with two attached hydrogens (primary N) is 1. The molecule has 2 heterocycles. The summed E-state index contributed by atoms with van der Waals surface area (Å²) in [6.45, 7) is 3.95. The van der Waals surface area contributed by atoms with Crippen LogP contribution in [0.15, 0.2) is 42.1 Å². The zero-order chi connectivity index (χ0) is 23.4. The van der Waals surface area contributed by atoms with Crippen LogP contribution in [-0.2, 0) is 11.3 Å². The van der Waals surface area contributed by atoms with Crippen LogP contribution in [0.25, 0.3) is 16.7 Å². The predicted octanol–water partition coefficient (Wildman–Crippen LogP) is 2.77. The Balaban J connectivity index is 1.51. The number of nitrogens with one attached hydrogen (secondary N) is 4. The van der Waals surface area contributed by atoms with Crippen LogP contribution < -0.4 is 16.4 Å². The number of hydrogen-bond acceptors (Lipinski definition) is 6. The third-order valence-electron chi connectivity index (χ3n) is 5.20. The quantitative estimate of drug-likeness (QED) is 0.365. The minimum Gasteiger partial charge on any atom is -0.394 e. The van der Waals surface area contributed by atoms with E-state index in [4.69, 9.17) is 15.9 Å². The molecular weight excluding hydrogens is 432 g/mol. The number of imidazole rings is 1. The van der Waals surface area contributed by atoms with Crippen molar-refractivity contribution < 1.29 is 18.3 Å². The fourth-order valence-electron chi connectivity index (χ4n) is 3.49. The Morgan fingerprint density at radius 1 is 1.24 bits per heavy atom. The monoisotopic (exact) mass is 455 g/mol. The second-order valence-corrected chi connectivity index (χ2v) is 7.47. The number of H-pyrrole nitrogens is 1. The number of carbonyl (C=O) groups is 1. The van der Waals surface area contributed by atoms with E-state index in [1.165, 1.54) is 6.07 Å². The van der Waals surface area contributed by atoms with Crippen LogP contribution >= 0.6 is 0 Å². The molecule has 11 heteroatoms. The first-order valence-electron chi connectivity index (χ1n) is 10.3. The molecule has 2 amide bonds. The van der Waals surface area contributed by atoms with Gasteiger partial charge in [0.15, 0.2) is 5.82 Å². The molecule has 1 aliphatic rings. The van der Waals surface area contributed by atoms with Crippen LogP contribution in [0.1, 0.15) is 11.4 Å². The van der Waals surface area contributed by atoms with Gasteiger partial charge < -0.3 is 31.5 Å². The van der Waals surface area contributed by atoms with Crippen molar-refractivity contribution in [2.75, 3.05) is 31.6 Å². The average Bonchev–Trinajstić information content (AvgIpc) is 3.24. The SMILES string of the molecule is N=CC(NC(=O)Nc1c(F)cccc1F)=C(N)c1nc2ccc(CN3CCOCC3)cc2[nH]1. The first-order chi connectivity index (χ1) is 15.9. The summed E-state index contributed by atoms with van der Waals surface area (Å²) in [6.07, 6.45) is 0.823. The Hall–Kier alpha value is -3.83. The topological polar surface area (TPSA) is 132 Å². The fraction of sp³-hybridized carbons (Fsp3) is 0.227. The van der Waals surface area contributed by atoms with Crippen molar-refractivity contribution >= 4 is 34.7 Å². The number of aromatic amines is 1. The van der Waals surface area contributed by atoms with E-state index in [9.17, 15) is 13.6 Å². The van der Waals surface area contributed by atoms with Gasteiger partial charge in [-0.05, 0) is 29.8 Å². The van der Waals surface area contributed by atoms with Crippen molar-refractivity contribution in [3.8, 4) is 0 Å².